The van der Waals surface area contributed by atoms with Gasteiger partial charge in [0.25, 0.3) is 0 Å². The summed E-state index contributed by atoms with van der Waals surface area (Å²) in [5.74, 6) is -0.816. The van der Waals surface area contributed by atoms with Crippen molar-refractivity contribution >= 4 is 23.1 Å². The molecule has 0 saturated carbocycles. The van der Waals surface area contributed by atoms with E-state index < -0.39 is 5.97 Å². The molecule has 130 valence electrons. The number of nitrogens with zero attached hydrogens (tertiary/aromatic N) is 2. The monoisotopic (exact) mass is 360 g/mol. The summed E-state index contributed by atoms with van der Waals surface area (Å²) in [6.07, 6.45) is 0. The van der Waals surface area contributed by atoms with Crippen molar-refractivity contribution in [3.63, 3.8) is 0 Å². The molecule has 0 aliphatic heterocycles. The Balaban J connectivity index is 2.42. The lowest BCUT2D eigenvalue weighted by Gasteiger charge is -2.17. The highest BCUT2D eigenvalue weighted by Gasteiger charge is 2.26. The highest BCUT2D eigenvalue weighted by atomic mass is 35.5. The van der Waals surface area contributed by atoms with Gasteiger partial charge in [-0.15, -0.1) is 0 Å². The zero-order valence-electron chi connectivity index (χ0n) is 14.2. The van der Waals surface area contributed by atoms with Gasteiger partial charge in [-0.25, -0.2) is 13.7 Å². The summed E-state index contributed by atoms with van der Waals surface area (Å²) < 4.78 is 20.2. The van der Waals surface area contributed by atoms with Crippen LogP contribution >= 0.6 is 11.6 Å². The molecule has 0 bridgehead atoms. The molecule has 3 aromatic rings. The summed E-state index contributed by atoms with van der Waals surface area (Å²) in [7, 11) is 0. The lowest BCUT2D eigenvalue weighted by Crippen LogP contribution is -2.15. The molecule has 2 heterocycles. The maximum absolute atomic E-state index is 13.4. The summed E-state index contributed by atoms with van der Waals surface area (Å²) in [4.78, 5) is 12.7. The van der Waals surface area contributed by atoms with Crippen LogP contribution in [-0.4, -0.2) is 22.2 Å². The highest BCUT2D eigenvalue weighted by Crippen LogP contribution is 2.35. The minimum Gasteiger partial charge on any atom is -0.462 e. The van der Waals surface area contributed by atoms with E-state index in [1.807, 2.05) is 13.8 Å². The van der Waals surface area contributed by atoms with Gasteiger partial charge in [-0.05, 0) is 42.7 Å². The second-order valence-corrected chi connectivity index (χ2v) is 6.36. The first-order valence-corrected chi connectivity index (χ1v) is 8.46. The molecule has 0 unspecified atom stereocenters. The van der Waals surface area contributed by atoms with E-state index in [9.17, 15) is 9.18 Å². The number of aromatic nitrogens is 2. The van der Waals surface area contributed by atoms with Crippen LogP contribution in [0.1, 0.15) is 42.7 Å². The Bertz CT molecular complexity index is 933. The quantitative estimate of drug-likeness (QED) is 0.608. The van der Waals surface area contributed by atoms with Gasteiger partial charge in [0.2, 0.25) is 0 Å². The molecule has 6 heteroatoms. The van der Waals surface area contributed by atoms with E-state index in [1.165, 1.54) is 12.1 Å². The second kappa shape index (κ2) is 6.84. The first kappa shape index (κ1) is 17.4. The van der Waals surface area contributed by atoms with Crippen LogP contribution in [0.3, 0.4) is 0 Å². The summed E-state index contributed by atoms with van der Waals surface area (Å²) in [5.41, 5.74) is 3.00. The van der Waals surface area contributed by atoms with Gasteiger partial charge < -0.3 is 4.74 Å². The predicted octanol–water partition coefficient (Wildman–Crippen LogP) is 5.09. The summed E-state index contributed by atoms with van der Waals surface area (Å²) in [6.45, 7) is 5.91. The second-order valence-electron chi connectivity index (χ2n) is 5.97. The van der Waals surface area contributed by atoms with Gasteiger partial charge in [0, 0.05) is 5.56 Å². The fraction of sp³-hybridized carbons (Fsp3) is 0.263. The van der Waals surface area contributed by atoms with E-state index in [0.29, 0.717) is 33.1 Å². The van der Waals surface area contributed by atoms with E-state index in [0.717, 1.165) is 0 Å². The largest absolute Gasteiger partial charge is 0.462 e. The number of esters is 1. The molecule has 1 aromatic carbocycles. The summed E-state index contributed by atoms with van der Waals surface area (Å²) in [6, 6.07) is 9.51. The van der Waals surface area contributed by atoms with E-state index >= 15 is 0 Å². The standard InChI is InChI=1S/C19H18ClFN2O2/c1-4-25-19(24)17-16(12-5-7-13(21)8-6-12)14-9-10-15(20)23(14)22-18(17)11(2)3/h5-11H,4H2,1-3H3. The Labute approximate surface area is 150 Å². The van der Waals surface area contributed by atoms with Crippen molar-refractivity contribution in [1.82, 2.24) is 9.61 Å². The first-order chi connectivity index (χ1) is 11.9. The number of carbonyl (C=O) groups is 1. The van der Waals surface area contributed by atoms with Crippen LogP contribution < -0.4 is 0 Å². The smallest absolute Gasteiger partial charge is 0.340 e. The Morgan fingerprint density at radius 2 is 1.92 bits per heavy atom. The molecule has 0 N–H and O–H groups in total. The number of halogens is 2. The number of benzene rings is 1. The maximum atomic E-state index is 13.4. The van der Waals surface area contributed by atoms with Crippen LogP contribution in [0.4, 0.5) is 4.39 Å². The molecule has 3 rings (SSSR count). The lowest BCUT2D eigenvalue weighted by atomic mass is 9.94. The van der Waals surface area contributed by atoms with Crippen molar-refractivity contribution in [2.24, 2.45) is 0 Å². The molecule has 25 heavy (non-hydrogen) atoms. The van der Waals surface area contributed by atoms with Gasteiger partial charge in [0.15, 0.2) is 0 Å². The minimum absolute atomic E-state index is 0.0264. The van der Waals surface area contributed by atoms with E-state index in [4.69, 9.17) is 16.3 Å². The highest BCUT2D eigenvalue weighted by molar-refractivity contribution is 6.30. The molecule has 0 aliphatic rings. The number of fused-ring (bicyclic) bond motifs is 1. The van der Waals surface area contributed by atoms with Crippen LogP contribution in [0.2, 0.25) is 5.15 Å². The van der Waals surface area contributed by atoms with Gasteiger partial charge in [-0.1, -0.05) is 37.6 Å². The number of ether oxygens (including phenoxy) is 1. The van der Waals surface area contributed by atoms with Gasteiger partial charge in [-0.2, -0.15) is 5.10 Å². The lowest BCUT2D eigenvalue weighted by molar-refractivity contribution is 0.0524. The van der Waals surface area contributed by atoms with Crippen LogP contribution in [0.15, 0.2) is 36.4 Å². The molecule has 0 aliphatic carbocycles. The maximum Gasteiger partial charge on any atom is 0.340 e. The molecule has 0 atom stereocenters. The average molecular weight is 361 g/mol. The molecular formula is C19H18ClFN2O2. The Morgan fingerprint density at radius 1 is 1.24 bits per heavy atom. The normalized spacial score (nSPS) is 11.3. The van der Waals surface area contributed by atoms with Gasteiger partial charge >= 0.3 is 5.97 Å². The third kappa shape index (κ3) is 3.12. The van der Waals surface area contributed by atoms with Crippen molar-refractivity contribution in [2.75, 3.05) is 6.61 Å². The van der Waals surface area contributed by atoms with E-state index in [-0.39, 0.29) is 18.3 Å². The minimum atomic E-state index is -0.446. The molecule has 0 saturated heterocycles. The van der Waals surface area contributed by atoms with Crippen LogP contribution in [0.25, 0.3) is 16.6 Å². The van der Waals surface area contributed by atoms with Crippen LogP contribution in [0.5, 0.6) is 0 Å². The zero-order chi connectivity index (χ0) is 18.1. The average Bonchev–Trinajstić information content (AvgIpc) is 2.95. The number of hydrogen-bond acceptors (Lipinski definition) is 3. The SMILES string of the molecule is CCOC(=O)c1c(C(C)C)nn2c(Cl)ccc2c1-c1ccc(F)cc1. The van der Waals surface area contributed by atoms with Crippen molar-refractivity contribution in [2.45, 2.75) is 26.7 Å². The molecule has 0 amide bonds. The third-order valence-corrected chi connectivity index (χ3v) is 4.22. The number of rotatable bonds is 4. The summed E-state index contributed by atoms with van der Waals surface area (Å²) >= 11 is 6.25. The van der Waals surface area contributed by atoms with E-state index in [2.05, 4.69) is 5.10 Å². The Morgan fingerprint density at radius 3 is 2.52 bits per heavy atom. The Kier molecular flexibility index (Phi) is 4.77. The molecule has 2 aromatic heterocycles. The number of carbonyl (C=O) groups excluding carboxylic acids is 1. The predicted molar refractivity (Wildman–Crippen MR) is 95.6 cm³/mol. The fourth-order valence-corrected chi connectivity index (χ4v) is 3.02. The molecule has 4 nitrogen and oxygen atoms in total. The topological polar surface area (TPSA) is 43.6 Å². The molecule has 0 fully saturated rings. The van der Waals surface area contributed by atoms with Crippen LogP contribution in [0, 0.1) is 5.82 Å². The van der Waals surface area contributed by atoms with Gasteiger partial charge in [0.05, 0.1) is 23.4 Å². The number of hydrogen-bond donors (Lipinski definition) is 0. The van der Waals surface area contributed by atoms with Gasteiger partial charge in [0.1, 0.15) is 11.0 Å². The van der Waals surface area contributed by atoms with Crippen molar-refractivity contribution < 1.29 is 13.9 Å². The van der Waals surface area contributed by atoms with Crippen molar-refractivity contribution in [3.8, 4) is 11.1 Å². The van der Waals surface area contributed by atoms with E-state index in [1.54, 1.807) is 35.7 Å². The van der Waals surface area contributed by atoms with Gasteiger partial charge in [-0.3, -0.25) is 0 Å². The Hall–Kier alpha value is -2.40. The molecule has 0 radical (unpaired) electrons. The molecule has 0 spiro atoms. The molecular weight excluding hydrogens is 343 g/mol. The first-order valence-electron chi connectivity index (χ1n) is 8.08. The van der Waals surface area contributed by atoms with Crippen molar-refractivity contribution in [1.29, 1.82) is 0 Å². The fourth-order valence-electron chi connectivity index (χ4n) is 2.83. The zero-order valence-corrected chi connectivity index (χ0v) is 15.0. The van der Waals surface area contributed by atoms with Crippen LogP contribution in [-0.2, 0) is 4.74 Å². The third-order valence-electron chi connectivity index (χ3n) is 3.94. The van der Waals surface area contributed by atoms with Crippen molar-refractivity contribution in [3.05, 3.63) is 58.6 Å². The summed E-state index contributed by atoms with van der Waals surface area (Å²) in [5, 5.41) is 4.99.